The Kier molecular flexibility index (Phi) is 5.84. The van der Waals surface area contributed by atoms with Crippen LogP contribution < -0.4 is 15.2 Å². The number of benzene rings is 1. The summed E-state index contributed by atoms with van der Waals surface area (Å²) < 4.78 is 48.4. The van der Waals surface area contributed by atoms with Crippen molar-refractivity contribution in [2.24, 2.45) is 0 Å². The first-order valence-corrected chi connectivity index (χ1v) is 8.37. The molecule has 0 fully saturated rings. The highest BCUT2D eigenvalue weighted by Gasteiger charge is 2.30. The van der Waals surface area contributed by atoms with Crippen molar-refractivity contribution >= 4 is 11.6 Å². The summed E-state index contributed by atoms with van der Waals surface area (Å²) in [6, 6.07) is 8.94. The number of nitrogens with one attached hydrogen (secondary N) is 1. The predicted molar refractivity (Wildman–Crippen MR) is 94.8 cm³/mol. The van der Waals surface area contributed by atoms with Crippen LogP contribution in [0.2, 0.25) is 5.02 Å². The van der Waals surface area contributed by atoms with E-state index in [4.69, 9.17) is 21.1 Å². The molecule has 0 aliphatic heterocycles. The molecule has 0 bridgehead atoms. The number of nitrogens with zero attached hydrogens (tertiary/aromatic N) is 2. The lowest BCUT2D eigenvalue weighted by molar-refractivity contribution is -0.137. The van der Waals surface area contributed by atoms with E-state index in [0.717, 1.165) is 23.9 Å². The molecular formula is C18H13ClF3N3O3. The third-order valence-corrected chi connectivity index (χ3v) is 3.85. The fourth-order valence-corrected chi connectivity index (χ4v) is 2.34. The number of aromatic nitrogens is 3. The quantitative estimate of drug-likeness (QED) is 0.656. The van der Waals surface area contributed by atoms with E-state index < -0.39 is 17.4 Å². The van der Waals surface area contributed by atoms with E-state index in [-0.39, 0.29) is 23.4 Å². The highest BCUT2D eigenvalue weighted by atomic mass is 35.5. The van der Waals surface area contributed by atoms with Crippen LogP contribution in [0.1, 0.15) is 11.1 Å². The number of pyridine rings is 1. The van der Waals surface area contributed by atoms with Crippen LogP contribution >= 0.6 is 11.6 Å². The Morgan fingerprint density at radius 2 is 1.79 bits per heavy atom. The largest absolute Gasteiger partial charge is 0.477 e. The Bertz CT molecular complexity index is 990. The molecular weight excluding hydrogens is 399 g/mol. The zero-order valence-corrected chi connectivity index (χ0v) is 14.9. The summed E-state index contributed by atoms with van der Waals surface area (Å²) in [5.74, 6) is 0.633. The Morgan fingerprint density at radius 3 is 2.43 bits per heavy atom. The lowest BCUT2D eigenvalue weighted by Crippen LogP contribution is -2.12. The first-order chi connectivity index (χ1) is 13.3. The van der Waals surface area contributed by atoms with Crippen molar-refractivity contribution in [2.45, 2.75) is 12.6 Å². The minimum absolute atomic E-state index is 0.0559. The lowest BCUT2D eigenvalue weighted by Gasteiger charge is -2.09. The Labute approximate surface area is 161 Å². The van der Waals surface area contributed by atoms with Gasteiger partial charge in [0.25, 0.3) is 0 Å². The average Bonchev–Trinajstić information content (AvgIpc) is 2.66. The molecule has 0 spiro atoms. The maximum Gasteiger partial charge on any atom is 0.417 e. The molecule has 0 aliphatic carbocycles. The van der Waals surface area contributed by atoms with Gasteiger partial charge in [-0.15, -0.1) is 0 Å². The third-order valence-electron chi connectivity index (χ3n) is 3.58. The number of rotatable bonds is 6. The van der Waals surface area contributed by atoms with E-state index in [0.29, 0.717) is 12.2 Å². The minimum atomic E-state index is -4.44. The van der Waals surface area contributed by atoms with Gasteiger partial charge in [0, 0.05) is 18.7 Å². The molecule has 1 aromatic carbocycles. The number of hydrogen-bond acceptors (Lipinski definition) is 5. The van der Waals surface area contributed by atoms with Gasteiger partial charge in [0.05, 0.1) is 18.4 Å². The average molecular weight is 412 g/mol. The molecule has 146 valence electrons. The van der Waals surface area contributed by atoms with Crippen LogP contribution in [0.5, 0.6) is 17.5 Å². The summed E-state index contributed by atoms with van der Waals surface area (Å²) in [5, 5.41) is 0.201. The molecule has 0 atom stereocenters. The fourth-order valence-electron chi connectivity index (χ4n) is 2.19. The molecule has 10 heteroatoms. The molecule has 6 nitrogen and oxygen atoms in total. The van der Waals surface area contributed by atoms with Crippen LogP contribution in [0, 0.1) is 0 Å². The molecule has 1 N–H and O–H groups in total. The van der Waals surface area contributed by atoms with Gasteiger partial charge in [0.1, 0.15) is 10.8 Å². The van der Waals surface area contributed by atoms with Crippen LogP contribution in [0.15, 0.2) is 53.6 Å². The summed E-state index contributed by atoms with van der Waals surface area (Å²) in [6.07, 6.45) is -1.99. The Balaban J connectivity index is 1.55. The monoisotopic (exact) mass is 411 g/mol. The summed E-state index contributed by atoms with van der Waals surface area (Å²) in [4.78, 5) is 20.7. The SMILES string of the molecule is O=c1ncc(Cl)c(OCCc2ccc(Oc3ccc(C(F)(F)F)cn3)cc2)[nH]1. The van der Waals surface area contributed by atoms with Crippen molar-refractivity contribution in [2.75, 3.05) is 6.61 Å². The van der Waals surface area contributed by atoms with E-state index in [1.807, 2.05) is 0 Å². The van der Waals surface area contributed by atoms with Crippen molar-refractivity contribution in [1.82, 2.24) is 15.0 Å². The molecule has 0 aliphatic rings. The molecule has 0 amide bonds. The molecule has 3 aromatic rings. The topological polar surface area (TPSA) is 77.1 Å². The molecule has 0 radical (unpaired) electrons. The van der Waals surface area contributed by atoms with E-state index >= 15 is 0 Å². The smallest absolute Gasteiger partial charge is 0.417 e. The predicted octanol–water partition coefficient (Wildman–Crippen LogP) is 4.25. The number of aromatic amines is 1. The van der Waals surface area contributed by atoms with Crippen molar-refractivity contribution < 1.29 is 22.6 Å². The molecule has 2 aromatic heterocycles. The van der Waals surface area contributed by atoms with Gasteiger partial charge in [-0.2, -0.15) is 18.2 Å². The summed E-state index contributed by atoms with van der Waals surface area (Å²) >= 11 is 5.87. The number of H-pyrrole nitrogens is 1. The maximum atomic E-state index is 12.5. The van der Waals surface area contributed by atoms with Crippen LogP contribution in [-0.2, 0) is 12.6 Å². The molecule has 28 heavy (non-hydrogen) atoms. The second-order valence-corrected chi connectivity index (χ2v) is 6.00. The lowest BCUT2D eigenvalue weighted by atomic mass is 10.1. The van der Waals surface area contributed by atoms with Crippen LogP contribution in [0.4, 0.5) is 13.2 Å². The zero-order chi connectivity index (χ0) is 20.1. The third kappa shape index (κ3) is 5.23. The van der Waals surface area contributed by atoms with Crippen molar-refractivity contribution in [1.29, 1.82) is 0 Å². The van der Waals surface area contributed by atoms with Gasteiger partial charge in [0.2, 0.25) is 11.8 Å². The van der Waals surface area contributed by atoms with Gasteiger partial charge in [-0.25, -0.2) is 9.78 Å². The number of halogens is 4. The van der Waals surface area contributed by atoms with E-state index in [9.17, 15) is 18.0 Å². The highest BCUT2D eigenvalue weighted by molar-refractivity contribution is 6.31. The molecule has 0 saturated carbocycles. The Hall–Kier alpha value is -3.07. The molecule has 0 saturated heterocycles. The van der Waals surface area contributed by atoms with E-state index in [1.54, 1.807) is 24.3 Å². The molecule has 0 unspecified atom stereocenters. The van der Waals surface area contributed by atoms with Gasteiger partial charge in [0.15, 0.2) is 0 Å². The van der Waals surface area contributed by atoms with Crippen LogP contribution in [-0.4, -0.2) is 21.6 Å². The standard InChI is InChI=1S/C18H13ClF3N3O3/c19-14-10-24-17(26)25-16(14)27-8-7-11-1-4-13(5-2-11)28-15-6-3-12(9-23-15)18(20,21)22/h1-6,9-10H,7-8H2,(H,24,25,26). The first kappa shape index (κ1) is 19.7. The van der Waals surface area contributed by atoms with Gasteiger partial charge < -0.3 is 9.47 Å². The second kappa shape index (κ2) is 8.30. The van der Waals surface area contributed by atoms with Crippen LogP contribution in [0.25, 0.3) is 0 Å². The molecule has 2 heterocycles. The number of ether oxygens (including phenoxy) is 2. The molecule has 3 rings (SSSR count). The summed E-state index contributed by atoms with van der Waals surface area (Å²) in [5.41, 5.74) is -0.483. The first-order valence-electron chi connectivity index (χ1n) is 7.99. The van der Waals surface area contributed by atoms with E-state index in [1.165, 1.54) is 6.20 Å². The van der Waals surface area contributed by atoms with Gasteiger partial charge in [-0.3, -0.25) is 4.98 Å². The van der Waals surface area contributed by atoms with Crippen molar-refractivity contribution in [3.05, 3.63) is 75.4 Å². The van der Waals surface area contributed by atoms with Gasteiger partial charge in [-0.1, -0.05) is 23.7 Å². The second-order valence-electron chi connectivity index (χ2n) is 5.59. The highest BCUT2D eigenvalue weighted by Crippen LogP contribution is 2.30. The van der Waals surface area contributed by atoms with Gasteiger partial charge in [-0.05, 0) is 23.8 Å². The van der Waals surface area contributed by atoms with Crippen LogP contribution in [0.3, 0.4) is 0 Å². The van der Waals surface area contributed by atoms with Crippen molar-refractivity contribution in [3.63, 3.8) is 0 Å². The maximum absolute atomic E-state index is 12.5. The minimum Gasteiger partial charge on any atom is -0.477 e. The van der Waals surface area contributed by atoms with Gasteiger partial charge >= 0.3 is 11.9 Å². The number of hydrogen-bond donors (Lipinski definition) is 1. The zero-order valence-electron chi connectivity index (χ0n) is 14.2. The summed E-state index contributed by atoms with van der Waals surface area (Å²) in [7, 11) is 0. The Morgan fingerprint density at radius 1 is 1.04 bits per heavy atom. The number of alkyl halides is 3. The fraction of sp³-hybridized carbons (Fsp3) is 0.167. The van der Waals surface area contributed by atoms with Crippen molar-refractivity contribution in [3.8, 4) is 17.5 Å². The normalized spacial score (nSPS) is 11.3. The summed E-state index contributed by atoms with van der Waals surface area (Å²) in [6.45, 7) is 0.264. The van der Waals surface area contributed by atoms with E-state index in [2.05, 4.69) is 15.0 Å².